The van der Waals surface area contributed by atoms with Crippen LogP contribution >= 0.6 is 15.6 Å². The molecule has 0 saturated carbocycles. The number of esters is 4. The van der Waals surface area contributed by atoms with E-state index < -0.39 is 97.5 Å². The Morgan fingerprint density at radius 1 is 0.274 bits per heavy atom. The lowest BCUT2D eigenvalue weighted by Gasteiger charge is -2.21. The van der Waals surface area contributed by atoms with Crippen LogP contribution in [0.4, 0.5) is 0 Å². The molecule has 17 nitrogen and oxygen atoms in total. The molecular weight excluding hydrogens is 1380 g/mol. The normalized spacial score (nSPS) is 14.1. The van der Waals surface area contributed by atoms with E-state index in [1.54, 1.807) is 0 Å². The van der Waals surface area contributed by atoms with Gasteiger partial charge in [0.25, 0.3) is 0 Å². The van der Waals surface area contributed by atoms with Crippen molar-refractivity contribution in [2.45, 2.75) is 484 Å². The largest absolute Gasteiger partial charge is 0.472 e. The van der Waals surface area contributed by atoms with Crippen LogP contribution < -0.4 is 0 Å². The molecule has 0 aromatic carbocycles. The van der Waals surface area contributed by atoms with Gasteiger partial charge in [0.05, 0.1) is 26.4 Å². The average molecular weight is 1550 g/mol. The lowest BCUT2D eigenvalue weighted by atomic mass is 9.99. The molecular formula is C87H170O17P2. The lowest BCUT2D eigenvalue weighted by molar-refractivity contribution is -0.161. The van der Waals surface area contributed by atoms with Crippen LogP contribution in [-0.4, -0.2) is 96.7 Å². The molecule has 0 rings (SSSR count). The number of unbranched alkanes of at least 4 members (excludes halogenated alkanes) is 55. The summed E-state index contributed by atoms with van der Waals surface area (Å²) in [6, 6.07) is 0. The van der Waals surface area contributed by atoms with Gasteiger partial charge >= 0.3 is 39.5 Å². The minimum absolute atomic E-state index is 0.108. The molecule has 0 heterocycles. The second-order valence-corrected chi connectivity index (χ2v) is 34.9. The number of aliphatic hydroxyl groups is 1. The third-order valence-electron chi connectivity index (χ3n) is 20.8. The van der Waals surface area contributed by atoms with E-state index in [0.29, 0.717) is 25.7 Å². The molecule has 0 saturated heterocycles. The number of rotatable bonds is 86. The molecule has 0 spiro atoms. The Hall–Kier alpha value is -1.94. The standard InChI is InChI=1S/C87H170O17P2/c1-7-10-12-14-16-17-18-19-20-21-25-32-37-42-47-53-59-65-71-86(91)103-82(75-97-84(89)69-63-57-49-15-13-11-8-2)77-101-105(93,94)99-73-81(88)74-100-106(95,96)102-78-83(76-98-85(90)70-64-58-52-46-41-36-31-28-27-29-34-39-44-50-55-61-67-79(4)5)104-87(92)72-66-60-54-48-43-38-33-26-23-22-24-30-35-40-45-51-56-62-68-80(6)9-3/h79-83,88H,7-78H2,1-6H3,(H,93,94)(H,95,96)/t80?,81-,82+,83+/m0/s1. The van der Waals surface area contributed by atoms with Crippen LogP contribution in [0.25, 0.3) is 0 Å². The smallest absolute Gasteiger partial charge is 0.462 e. The fourth-order valence-corrected chi connectivity index (χ4v) is 15.1. The van der Waals surface area contributed by atoms with E-state index in [1.807, 2.05) is 0 Å². The zero-order valence-corrected chi connectivity index (χ0v) is 71.5. The van der Waals surface area contributed by atoms with Crippen LogP contribution in [0.5, 0.6) is 0 Å². The third kappa shape index (κ3) is 78.7. The topological polar surface area (TPSA) is 237 Å². The Labute approximate surface area is 651 Å². The quantitative estimate of drug-likeness (QED) is 0.0222. The molecule has 0 aliphatic carbocycles. The second-order valence-electron chi connectivity index (χ2n) is 32.0. The summed E-state index contributed by atoms with van der Waals surface area (Å²) >= 11 is 0. The van der Waals surface area contributed by atoms with Gasteiger partial charge in [-0.1, -0.05) is 414 Å². The summed E-state index contributed by atoms with van der Waals surface area (Å²) < 4.78 is 68.8. The number of phosphoric acid groups is 2. The predicted molar refractivity (Wildman–Crippen MR) is 437 cm³/mol. The minimum atomic E-state index is -4.97. The molecule has 3 N–H and O–H groups in total. The molecule has 0 amide bonds. The number of aliphatic hydroxyl groups excluding tert-OH is 1. The van der Waals surface area contributed by atoms with E-state index in [4.69, 9.17) is 37.0 Å². The van der Waals surface area contributed by atoms with Gasteiger partial charge in [-0.2, -0.15) is 0 Å². The first-order chi connectivity index (χ1) is 51.4. The van der Waals surface area contributed by atoms with Crippen LogP contribution in [0.2, 0.25) is 0 Å². The number of hydrogen-bond acceptors (Lipinski definition) is 15. The van der Waals surface area contributed by atoms with Gasteiger partial charge in [-0.15, -0.1) is 0 Å². The van der Waals surface area contributed by atoms with Crippen molar-refractivity contribution in [1.29, 1.82) is 0 Å². The van der Waals surface area contributed by atoms with Gasteiger partial charge in [-0.05, 0) is 37.5 Å². The highest BCUT2D eigenvalue weighted by Gasteiger charge is 2.30. The van der Waals surface area contributed by atoms with Crippen molar-refractivity contribution in [2.24, 2.45) is 11.8 Å². The van der Waals surface area contributed by atoms with Crippen molar-refractivity contribution in [1.82, 2.24) is 0 Å². The summed E-state index contributed by atoms with van der Waals surface area (Å²) in [5.74, 6) is -0.422. The van der Waals surface area contributed by atoms with E-state index in [9.17, 15) is 43.2 Å². The number of hydrogen-bond donors (Lipinski definition) is 3. The Morgan fingerprint density at radius 3 is 0.717 bits per heavy atom. The zero-order valence-electron chi connectivity index (χ0n) is 69.7. The first-order valence-corrected chi connectivity index (χ1v) is 48.0. The van der Waals surface area contributed by atoms with Gasteiger partial charge in [0.2, 0.25) is 0 Å². The Balaban J connectivity index is 5.16. The average Bonchev–Trinajstić information content (AvgIpc) is 0.902. The molecule has 0 fully saturated rings. The number of carbonyl (C=O) groups excluding carboxylic acids is 4. The highest BCUT2D eigenvalue weighted by atomic mass is 31.2. The SMILES string of the molecule is CCCCCCCCCCCCCCCCCCCCC(=O)O[C@H](COC(=O)CCCCCCCCC)COP(=O)(O)OC[C@H](O)COP(=O)(O)OC[C@@H](COC(=O)CCCCCCCCCCCCCCCCCCC(C)C)OC(=O)CCCCCCCCCCCCCCCCCCCCC(C)CC. The molecule has 19 heteroatoms. The highest BCUT2D eigenvalue weighted by molar-refractivity contribution is 7.47. The van der Waals surface area contributed by atoms with E-state index in [1.165, 1.54) is 270 Å². The molecule has 0 aromatic rings. The van der Waals surface area contributed by atoms with E-state index >= 15 is 0 Å². The summed E-state index contributed by atoms with van der Waals surface area (Å²) in [6.45, 7) is 9.73. The summed E-state index contributed by atoms with van der Waals surface area (Å²) in [4.78, 5) is 73.1. The van der Waals surface area contributed by atoms with Gasteiger partial charge in [0, 0.05) is 25.7 Å². The van der Waals surface area contributed by atoms with Crippen LogP contribution in [-0.2, 0) is 65.4 Å². The van der Waals surface area contributed by atoms with Gasteiger partial charge < -0.3 is 33.8 Å². The number of carbonyl (C=O) groups is 4. The molecule has 0 bridgehead atoms. The Bertz CT molecular complexity index is 2030. The number of phosphoric ester groups is 2. The van der Waals surface area contributed by atoms with Crippen LogP contribution in [0, 0.1) is 11.8 Å². The molecule has 0 aromatic heterocycles. The molecule has 106 heavy (non-hydrogen) atoms. The monoisotopic (exact) mass is 1550 g/mol. The first kappa shape index (κ1) is 104. The van der Waals surface area contributed by atoms with Crippen LogP contribution in [0.1, 0.15) is 465 Å². The fourth-order valence-electron chi connectivity index (χ4n) is 13.6. The molecule has 0 aliphatic heterocycles. The van der Waals surface area contributed by atoms with Crippen LogP contribution in [0.3, 0.4) is 0 Å². The molecule has 6 atom stereocenters. The Morgan fingerprint density at radius 2 is 0.481 bits per heavy atom. The molecule has 0 radical (unpaired) electrons. The highest BCUT2D eigenvalue weighted by Crippen LogP contribution is 2.45. The molecule has 0 aliphatic rings. The predicted octanol–water partition coefficient (Wildman–Crippen LogP) is 26.6. The van der Waals surface area contributed by atoms with Crippen molar-refractivity contribution >= 4 is 39.5 Å². The maximum Gasteiger partial charge on any atom is 0.472 e. The summed E-state index contributed by atoms with van der Waals surface area (Å²) in [7, 11) is -9.92. The van der Waals surface area contributed by atoms with E-state index in [-0.39, 0.29) is 25.7 Å². The number of ether oxygens (including phenoxy) is 4. The molecule has 630 valence electrons. The maximum absolute atomic E-state index is 13.1. The summed E-state index contributed by atoms with van der Waals surface area (Å²) in [6.07, 6.45) is 71.0. The second kappa shape index (κ2) is 78.3. The Kier molecular flexibility index (Phi) is 76.9. The van der Waals surface area contributed by atoms with Crippen molar-refractivity contribution in [3.63, 3.8) is 0 Å². The fraction of sp³-hybridized carbons (Fsp3) is 0.954. The van der Waals surface area contributed by atoms with Gasteiger partial charge in [0.15, 0.2) is 12.2 Å². The zero-order chi connectivity index (χ0) is 77.8. The summed E-state index contributed by atoms with van der Waals surface area (Å²) in [5, 5.41) is 10.7. The van der Waals surface area contributed by atoms with E-state index in [0.717, 1.165) is 115 Å². The van der Waals surface area contributed by atoms with Crippen molar-refractivity contribution in [2.75, 3.05) is 39.6 Å². The van der Waals surface area contributed by atoms with Gasteiger partial charge in [-0.3, -0.25) is 37.3 Å². The maximum atomic E-state index is 13.1. The minimum Gasteiger partial charge on any atom is -0.462 e. The van der Waals surface area contributed by atoms with Gasteiger partial charge in [0.1, 0.15) is 19.3 Å². The van der Waals surface area contributed by atoms with Crippen LogP contribution in [0.15, 0.2) is 0 Å². The third-order valence-corrected chi connectivity index (χ3v) is 22.7. The van der Waals surface area contributed by atoms with Crippen molar-refractivity contribution in [3.05, 3.63) is 0 Å². The first-order valence-electron chi connectivity index (χ1n) is 45.0. The van der Waals surface area contributed by atoms with E-state index in [2.05, 4.69) is 41.5 Å². The summed E-state index contributed by atoms with van der Waals surface area (Å²) in [5.41, 5.74) is 0. The lowest BCUT2D eigenvalue weighted by Crippen LogP contribution is -2.30. The molecule has 3 unspecified atom stereocenters. The van der Waals surface area contributed by atoms with Crippen molar-refractivity contribution < 1.29 is 80.2 Å². The van der Waals surface area contributed by atoms with Crippen molar-refractivity contribution in [3.8, 4) is 0 Å². The van der Waals surface area contributed by atoms with Gasteiger partial charge in [-0.25, -0.2) is 9.13 Å².